The largest absolute Gasteiger partial charge is 0.436 e. The van der Waals surface area contributed by atoms with Crippen LogP contribution in [0.5, 0.6) is 0 Å². The first-order valence-corrected chi connectivity index (χ1v) is 11.7. The monoisotopic (exact) mass is 524 g/mol. The summed E-state index contributed by atoms with van der Waals surface area (Å²) in [6.45, 7) is 0. The second-order valence-electron chi connectivity index (χ2n) is 6.85. The highest BCUT2D eigenvalue weighted by Crippen LogP contribution is 2.32. The first kappa shape index (κ1) is 20.9. The molecule has 3 aromatic carbocycles. The Morgan fingerprint density at radius 1 is 1.06 bits per heavy atom. The van der Waals surface area contributed by atoms with Crippen LogP contribution in [0.25, 0.3) is 33.5 Å². The number of amides is 1. The van der Waals surface area contributed by atoms with Gasteiger partial charge in [0.25, 0.3) is 0 Å². The summed E-state index contributed by atoms with van der Waals surface area (Å²) in [7, 11) is 0. The number of nitrogens with one attached hydrogen (secondary N) is 1. The van der Waals surface area contributed by atoms with Crippen molar-refractivity contribution in [3.63, 3.8) is 0 Å². The maximum Gasteiger partial charge on any atom is 0.234 e. The van der Waals surface area contributed by atoms with E-state index in [9.17, 15) is 4.79 Å². The summed E-state index contributed by atoms with van der Waals surface area (Å²) < 4.78 is 6.80. The number of hydrogen-bond acceptors (Lipinski definition) is 6. The smallest absolute Gasteiger partial charge is 0.234 e. The number of thioether (sulfide) groups is 1. The Labute approximate surface area is 200 Å². The Kier molecular flexibility index (Phi) is 5.82. The maximum atomic E-state index is 12.7. The van der Waals surface area contributed by atoms with Crippen LogP contribution in [0.4, 0.5) is 5.69 Å². The molecule has 5 aromatic rings. The molecule has 0 radical (unpaired) electrons. The summed E-state index contributed by atoms with van der Waals surface area (Å²) in [4.78, 5) is 25.9. The van der Waals surface area contributed by atoms with Gasteiger partial charge in [-0.05, 0) is 48.5 Å². The number of carbonyl (C=O) groups is 1. The Morgan fingerprint density at radius 2 is 1.94 bits per heavy atom. The zero-order valence-corrected chi connectivity index (χ0v) is 19.5. The van der Waals surface area contributed by atoms with Crippen LogP contribution in [0.2, 0.25) is 5.02 Å². The molecule has 1 N–H and O–H groups in total. The van der Waals surface area contributed by atoms with E-state index >= 15 is 0 Å². The average Bonchev–Trinajstić information content (AvgIpc) is 3.21. The first-order chi connectivity index (χ1) is 15.6. The van der Waals surface area contributed by atoms with Crippen molar-refractivity contribution < 1.29 is 9.21 Å². The topological polar surface area (TPSA) is 80.9 Å². The maximum absolute atomic E-state index is 12.7. The number of nitrogens with zero attached hydrogens (tertiary/aromatic N) is 3. The molecule has 0 bridgehead atoms. The van der Waals surface area contributed by atoms with E-state index in [0.29, 0.717) is 33.3 Å². The summed E-state index contributed by atoms with van der Waals surface area (Å²) >= 11 is 10.9. The van der Waals surface area contributed by atoms with E-state index in [2.05, 4.69) is 36.2 Å². The van der Waals surface area contributed by atoms with E-state index in [1.807, 2.05) is 42.5 Å². The van der Waals surface area contributed by atoms with Gasteiger partial charge in [0.15, 0.2) is 5.58 Å². The number of anilines is 1. The average molecular weight is 526 g/mol. The Morgan fingerprint density at radius 3 is 2.84 bits per heavy atom. The van der Waals surface area contributed by atoms with Crippen LogP contribution in [-0.4, -0.2) is 26.6 Å². The molecule has 0 aliphatic rings. The van der Waals surface area contributed by atoms with Gasteiger partial charge in [-0.1, -0.05) is 51.4 Å². The molecule has 5 rings (SSSR count). The number of oxazole rings is 1. The molecule has 0 aliphatic carbocycles. The molecule has 158 valence electrons. The Hall–Kier alpha value is -2.94. The van der Waals surface area contributed by atoms with Crippen molar-refractivity contribution in [2.75, 3.05) is 11.1 Å². The van der Waals surface area contributed by atoms with E-state index in [4.69, 9.17) is 16.0 Å². The Balaban J connectivity index is 1.36. The third-order valence-corrected chi connectivity index (χ3v) is 6.42. The fraction of sp³-hybridized carbons (Fsp3) is 0.0435. The minimum absolute atomic E-state index is 0.164. The van der Waals surface area contributed by atoms with Crippen molar-refractivity contribution >= 4 is 72.9 Å². The molecule has 0 saturated carbocycles. The number of carbonyl (C=O) groups excluding carboxylic acids is 1. The van der Waals surface area contributed by atoms with Crippen molar-refractivity contribution in [2.24, 2.45) is 0 Å². The fourth-order valence-electron chi connectivity index (χ4n) is 3.23. The van der Waals surface area contributed by atoms with Gasteiger partial charge in [0.1, 0.15) is 16.9 Å². The number of aromatic nitrogens is 3. The molecule has 0 fully saturated rings. The van der Waals surface area contributed by atoms with E-state index in [1.165, 1.54) is 18.1 Å². The molecule has 0 atom stereocenters. The molecule has 0 spiro atoms. The van der Waals surface area contributed by atoms with Gasteiger partial charge in [0.2, 0.25) is 11.8 Å². The highest BCUT2D eigenvalue weighted by atomic mass is 79.9. The molecule has 6 nitrogen and oxygen atoms in total. The molecule has 1 amide bonds. The molecular weight excluding hydrogens is 512 g/mol. The highest BCUT2D eigenvalue weighted by Gasteiger charge is 2.15. The zero-order valence-electron chi connectivity index (χ0n) is 16.4. The SMILES string of the molecule is O=C(CSc1ncnc2ccc(Br)cc12)Nc1ccccc1-c1nc2cc(Cl)ccc2o1. The van der Waals surface area contributed by atoms with Gasteiger partial charge >= 0.3 is 0 Å². The van der Waals surface area contributed by atoms with Crippen molar-refractivity contribution in [2.45, 2.75) is 5.03 Å². The van der Waals surface area contributed by atoms with E-state index < -0.39 is 0 Å². The molecular formula is C23H14BrClN4O2S. The molecule has 32 heavy (non-hydrogen) atoms. The number of benzene rings is 3. The highest BCUT2D eigenvalue weighted by molar-refractivity contribution is 9.10. The first-order valence-electron chi connectivity index (χ1n) is 9.55. The van der Waals surface area contributed by atoms with Crippen molar-refractivity contribution in [1.29, 1.82) is 0 Å². The summed E-state index contributed by atoms with van der Waals surface area (Å²) in [5.74, 6) is 0.441. The lowest BCUT2D eigenvalue weighted by molar-refractivity contribution is -0.113. The lowest BCUT2D eigenvalue weighted by Gasteiger charge is -2.09. The van der Waals surface area contributed by atoms with Crippen LogP contribution < -0.4 is 5.32 Å². The van der Waals surface area contributed by atoms with Crippen LogP contribution in [0, 0.1) is 0 Å². The standard InChI is InChI=1S/C23H14BrClN4O2S/c24-13-5-7-17-16(9-13)23(27-12-26-17)32-11-21(30)28-18-4-2-1-3-15(18)22-29-19-10-14(25)6-8-20(19)31-22/h1-10,12H,11H2,(H,28,30). The van der Waals surface area contributed by atoms with Gasteiger partial charge in [0.05, 0.1) is 22.5 Å². The predicted molar refractivity (Wildman–Crippen MR) is 131 cm³/mol. The minimum Gasteiger partial charge on any atom is -0.436 e. The third kappa shape index (κ3) is 4.34. The van der Waals surface area contributed by atoms with Crippen LogP contribution in [-0.2, 0) is 4.79 Å². The lowest BCUT2D eigenvalue weighted by atomic mass is 10.2. The van der Waals surface area contributed by atoms with Crippen molar-refractivity contribution in [1.82, 2.24) is 15.0 Å². The zero-order chi connectivity index (χ0) is 22.1. The number of para-hydroxylation sites is 1. The third-order valence-electron chi connectivity index (χ3n) is 4.68. The van der Waals surface area contributed by atoms with Crippen LogP contribution in [0.1, 0.15) is 0 Å². The molecule has 0 saturated heterocycles. The normalized spacial score (nSPS) is 11.2. The second kappa shape index (κ2) is 8.90. The number of hydrogen-bond donors (Lipinski definition) is 1. The molecule has 0 aliphatic heterocycles. The number of fused-ring (bicyclic) bond motifs is 2. The van der Waals surface area contributed by atoms with Crippen LogP contribution in [0.3, 0.4) is 0 Å². The van der Waals surface area contributed by atoms with Crippen LogP contribution >= 0.6 is 39.3 Å². The second-order valence-corrected chi connectivity index (χ2v) is 9.17. The van der Waals surface area contributed by atoms with Gasteiger partial charge in [-0.2, -0.15) is 0 Å². The Bertz CT molecular complexity index is 1470. The van der Waals surface area contributed by atoms with Gasteiger partial charge in [-0.15, -0.1) is 0 Å². The molecule has 0 unspecified atom stereocenters. The van der Waals surface area contributed by atoms with Crippen LogP contribution in [0.15, 0.2) is 80.9 Å². The quantitative estimate of drug-likeness (QED) is 0.206. The van der Waals surface area contributed by atoms with E-state index in [-0.39, 0.29) is 11.7 Å². The van der Waals surface area contributed by atoms with Gasteiger partial charge in [-0.25, -0.2) is 15.0 Å². The van der Waals surface area contributed by atoms with E-state index in [0.717, 1.165) is 20.4 Å². The summed E-state index contributed by atoms with van der Waals surface area (Å²) in [6.07, 6.45) is 1.51. The molecule has 2 heterocycles. The number of halogens is 2. The summed E-state index contributed by atoms with van der Waals surface area (Å²) in [5, 5.41) is 5.18. The van der Waals surface area contributed by atoms with Crippen molar-refractivity contribution in [3.8, 4) is 11.5 Å². The summed E-state index contributed by atoms with van der Waals surface area (Å²) in [6, 6.07) is 18.4. The lowest BCUT2D eigenvalue weighted by Crippen LogP contribution is -2.14. The van der Waals surface area contributed by atoms with E-state index in [1.54, 1.807) is 18.2 Å². The molecule has 9 heteroatoms. The van der Waals surface area contributed by atoms with Crippen molar-refractivity contribution in [3.05, 3.63) is 76.5 Å². The minimum atomic E-state index is -0.164. The number of rotatable bonds is 5. The van der Waals surface area contributed by atoms with Gasteiger partial charge in [-0.3, -0.25) is 4.79 Å². The fourth-order valence-corrected chi connectivity index (χ4v) is 4.54. The summed E-state index contributed by atoms with van der Waals surface area (Å²) in [5.41, 5.74) is 3.42. The van der Waals surface area contributed by atoms with Gasteiger partial charge < -0.3 is 9.73 Å². The van der Waals surface area contributed by atoms with Gasteiger partial charge in [0, 0.05) is 14.9 Å². The predicted octanol–water partition coefficient (Wildman–Crippen LogP) is 6.58. The molecule has 2 aromatic heterocycles.